The average molecular weight is 289 g/mol. The largest absolute Gasteiger partial charge is 0.478 e. The van der Waals surface area contributed by atoms with Gasteiger partial charge in [-0.2, -0.15) is 0 Å². The SMILES string of the molecule is CCCCc1noc(C)c1CNc1ccc(C(=O)O)cn1. The number of aromatic nitrogens is 2. The molecule has 0 atom stereocenters. The van der Waals surface area contributed by atoms with Crippen LogP contribution in [0.25, 0.3) is 0 Å². The molecule has 2 N–H and O–H groups in total. The predicted octanol–water partition coefficient (Wildman–Crippen LogP) is 3.03. The van der Waals surface area contributed by atoms with Crippen LogP contribution < -0.4 is 5.32 Å². The number of carboxylic acid groups (broad SMARTS) is 1. The minimum atomic E-state index is -0.981. The second kappa shape index (κ2) is 6.88. The predicted molar refractivity (Wildman–Crippen MR) is 78.4 cm³/mol. The summed E-state index contributed by atoms with van der Waals surface area (Å²) in [5.41, 5.74) is 2.20. The average Bonchev–Trinajstić information content (AvgIpc) is 2.83. The summed E-state index contributed by atoms with van der Waals surface area (Å²) >= 11 is 0. The van der Waals surface area contributed by atoms with Gasteiger partial charge in [-0.3, -0.25) is 0 Å². The number of pyridine rings is 1. The molecule has 2 aromatic rings. The summed E-state index contributed by atoms with van der Waals surface area (Å²) in [4.78, 5) is 14.8. The highest BCUT2D eigenvalue weighted by atomic mass is 16.5. The molecule has 0 aliphatic heterocycles. The summed E-state index contributed by atoms with van der Waals surface area (Å²) in [5, 5.41) is 16.1. The van der Waals surface area contributed by atoms with Crippen molar-refractivity contribution >= 4 is 11.8 Å². The zero-order chi connectivity index (χ0) is 15.2. The Kier molecular flexibility index (Phi) is 4.92. The van der Waals surface area contributed by atoms with E-state index in [9.17, 15) is 4.79 Å². The van der Waals surface area contributed by atoms with Crippen LogP contribution in [0.5, 0.6) is 0 Å². The number of rotatable bonds is 7. The first-order valence-electron chi connectivity index (χ1n) is 6.99. The van der Waals surface area contributed by atoms with Crippen molar-refractivity contribution < 1.29 is 14.4 Å². The standard InChI is InChI=1S/C15H19N3O3/c1-3-4-5-13-12(10(2)21-18-13)9-17-14-7-6-11(8-16-14)15(19)20/h6-8H,3-5,9H2,1-2H3,(H,16,17)(H,19,20). The van der Waals surface area contributed by atoms with E-state index in [0.717, 1.165) is 36.3 Å². The molecule has 0 fully saturated rings. The Morgan fingerprint density at radius 1 is 1.43 bits per heavy atom. The van der Waals surface area contributed by atoms with Gasteiger partial charge in [0.2, 0.25) is 0 Å². The molecular weight excluding hydrogens is 270 g/mol. The third-order valence-electron chi connectivity index (χ3n) is 3.29. The quantitative estimate of drug-likeness (QED) is 0.814. The Labute approximate surface area is 123 Å². The lowest BCUT2D eigenvalue weighted by atomic mass is 10.1. The van der Waals surface area contributed by atoms with Crippen molar-refractivity contribution in [3.63, 3.8) is 0 Å². The van der Waals surface area contributed by atoms with Gasteiger partial charge in [-0.25, -0.2) is 9.78 Å². The first kappa shape index (κ1) is 15.0. The Balaban J connectivity index is 2.02. The smallest absolute Gasteiger partial charge is 0.337 e. The molecule has 0 saturated heterocycles. The van der Waals surface area contributed by atoms with Gasteiger partial charge in [0.1, 0.15) is 11.6 Å². The minimum Gasteiger partial charge on any atom is -0.478 e. The van der Waals surface area contributed by atoms with E-state index in [1.54, 1.807) is 6.07 Å². The third-order valence-corrected chi connectivity index (χ3v) is 3.29. The molecule has 0 bridgehead atoms. The fourth-order valence-corrected chi connectivity index (χ4v) is 2.01. The van der Waals surface area contributed by atoms with Crippen LogP contribution in [0.2, 0.25) is 0 Å². The van der Waals surface area contributed by atoms with Gasteiger partial charge in [-0.1, -0.05) is 18.5 Å². The number of hydrogen-bond acceptors (Lipinski definition) is 5. The molecule has 0 spiro atoms. The Morgan fingerprint density at radius 2 is 2.24 bits per heavy atom. The lowest BCUT2D eigenvalue weighted by molar-refractivity contribution is 0.0696. The van der Waals surface area contributed by atoms with Crippen LogP contribution in [0.4, 0.5) is 5.82 Å². The summed E-state index contributed by atoms with van der Waals surface area (Å²) in [7, 11) is 0. The summed E-state index contributed by atoms with van der Waals surface area (Å²) in [6, 6.07) is 3.17. The molecule has 2 aromatic heterocycles. The van der Waals surface area contributed by atoms with E-state index in [1.165, 1.54) is 12.3 Å². The molecule has 112 valence electrons. The van der Waals surface area contributed by atoms with Crippen LogP contribution in [0.3, 0.4) is 0 Å². The van der Waals surface area contributed by atoms with Crippen LogP contribution in [-0.4, -0.2) is 21.2 Å². The van der Waals surface area contributed by atoms with Crippen molar-refractivity contribution in [2.45, 2.75) is 39.7 Å². The van der Waals surface area contributed by atoms with E-state index >= 15 is 0 Å². The molecule has 0 amide bonds. The molecule has 6 nitrogen and oxygen atoms in total. The number of aromatic carboxylic acids is 1. The van der Waals surface area contributed by atoms with E-state index in [1.807, 2.05) is 6.92 Å². The zero-order valence-corrected chi connectivity index (χ0v) is 12.2. The maximum Gasteiger partial charge on any atom is 0.337 e. The number of anilines is 1. The number of carbonyl (C=O) groups is 1. The van der Waals surface area contributed by atoms with Crippen LogP contribution in [-0.2, 0) is 13.0 Å². The topological polar surface area (TPSA) is 88.2 Å². The van der Waals surface area contributed by atoms with Crippen molar-refractivity contribution in [2.24, 2.45) is 0 Å². The molecule has 0 aliphatic carbocycles. The lowest BCUT2D eigenvalue weighted by Gasteiger charge is -2.06. The van der Waals surface area contributed by atoms with Gasteiger partial charge in [-0.05, 0) is 31.9 Å². The molecule has 2 heterocycles. The minimum absolute atomic E-state index is 0.172. The first-order chi connectivity index (χ1) is 10.1. The third kappa shape index (κ3) is 3.81. The highest BCUT2D eigenvalue weighted by Crippen LogP contribution is 2.17. The fourth-order valence-electron chi connectivity index (χ4n) is 2.01. The second-order valence-corrected chi connectivity index (χ2v) is 4.86. The Morgan fingerprint density at radius 3 is 2.86 bits per heavy atom. The fraction of sp³-hybridized carbons (Fsp3) is 0.400. The van der Waals surface area contributed by atoms with Crippen molar-refractivity contribution in [2.75, 3.05) is 5.32 Å². The lowest BCUT2D eigenvalue weighted by Crippen LogP contribution is -2.05. The van der Waals surface area contributed by atoms with Gasteiger partial charge in [-0.15, -0.1) is 0 Å². The summed E-state index contributed by atoms with van der Waals surface area (Å²) in [6.07, 6.45) is 4.42. The van der Waals surface area contributed by atoms with E-state index in [4.69, 9.17) is 9.63 Å². The van der Waals surface area contributed by atoms with Gasteiger partial charge in [0.05, 0.1) is 11.3 Å². The van der Waals surface area contributed by atoms with Gasteiger partial charge in [0.25, 0.3) is 0 Å². The summed E-state index contributed by atoms with van der Waals surface area (Å²) < 4.78 is 5.24. The number of nitrogens with zero attached hydrogens (tertiary/aromatic N) is 2. The van der Waals surface area contributed by atoms with Gasteiger partial charge in [0, 0.05) is 18.3 Å². The molecule has 0 radical (unpaired) electrons. The van der Waals surface area contributed by atoms with E-state index in [0.29, 0.717) is 12.4 Å². The molecule has 21 heavy (non-hydrogen) atoms. The van der Waals surface area contributed by atoms with Crippen molar-refractivity contribution in [3.8, 4) is 0 Å². The van der Waals surface area contributed by atoms with Gasteiger partial charge < -0.3 is 14.9 Å². The zero-order valence-electron chi connectivity index (χ0n) is 12.2. The van der Waals surface area contributed by atoms with Crippen LogP contribution in [0.15, 0.2) is 22.9 Å². The number of hydrogen-bond donors (Lipinski definition) is 2. The van der Waals surface area contributed by atoms with Crippen molar-refractivity contribution in [1.29, 1.82) is 0 Å². The molecule has 0 aromatic carbocycles. The second-order valence-electron chi connectivity index (χ2n) is 4.86. The number of carboxylic acids is 1. The molecule has 0 unspecified atom stereocenters. The highest BCUT2D eigenvalue weighted by Gasteiger charge is 2.12. The monoisotopic (exact) mass is 289 g/mol. The molecule has 2 rings (SSSR count). The van der Waals surface area contributed by atoms with Crippen LogP contribution >= 0.6 is 0 Å². The van der Waals surface area contributed by atoms with Crippen LogP contribution in [0, 0.1) is 6.92 Å². The molecular formula is C15H19N3O3. The van der Waals surface area contributed by atoms with E-state index < -0.39 is 5.97 Å². The maximum atomic E-state index is 10.8. The molecule has 0 saturated carbocycles. The number of nitrogens with one attached hydrogen (secondary N) is 1. The van der Waals surface area contributed by atoms with Gasteiger partial charge >= 0.3 is 5.97 Å². The molecule has 0 aliphatic rings. The van der Waals surface area contributed by atoms with Crippen LogP contribution in [0.1, 0.15) is 47.1 Å². The Hall–Kier alpha value is -2.37. The number of unbranched alkanes of at least 4 members (excludes halogenated alkanes) is 1. The normalized spacial score (nSPS) is 10.6. The molecule has 6 heteroatoms. The van der Waals surface area contributed by atoms with E-state index in [2.05, 4.69) is 22.4 Å². The van der Waals surface area contributed by atoms with Gasteiger partial charge in [0.15, 0.2) is 0 Å². The summed E-state index contributed by atoms with van der Waals surface area (Å²) in [6.45, 7) is 4.59. The maximum absolute atomic E-state index is 10.8. The Bertz CT molecular complexity index is 605. The first-order valence-corrected chi connectivity index (χ1v) is 6.99. The van der Waals surface area contributed by atoms with Crippen molar-refractivity contribution in [3.05, 3.63) is 40.9 Å². The summed E-state index contributed by atoms with van der Waals surface area (Å²) in [5.74, 6) is 0.448. The highest BCUT2D eigenvalue weighted by molar-refractivity contribution is 5.87. The number of aryl methyl sites for hydroxylation is 2. The van der Waals surface area contributed by atoms with Crippen molar-refractivity contribution in [1.82, 2.24) is 10.1 Å². The van der Waals surface area contributed by atoms with E-state index in [-0.39, 0.29) is 5.56 Å².